The molecule has 0 fully saturated rings. The van der Waals surface area contributed by atoms with Gasteiger partial charge in [-0.15, -0.1) is 0 Å². The molecular weight excluding hydrogens is 262 g/mol. The second-order valence-corrected chi connectivity index (χ2v) is 4.69. The van der Waals surface area contributed by atoms with Crippen LogP contribution in [0.4, 0.5) is 5.82 Å². The van der Waals surface area contributed by atoms with E-state index >= 15 is 0 Å². The van der Waals surface area contributed by atoms with Crippen LogP contribution in [0, 0.1) is 6.92 Å². The molecule has 100 valence electrons. The molecule has 2 rings (SSSR count). The van der Waals surface area contributed by atoms with E-state index in [1.165, 1.54) is 18.1 Å². The lowest BCUT2D eigenvalue weighted by Crippen LogP contribution is -2.04. The summed E-state index contributed by atoms with van der Waals surface area (Å²) in [6.07, 6.45) is 5.04. The van der Waals surface area contributed by atoms with E-state index in [-0.39, 0.29) is 0 Å². The van der Waals surface area contributed by atoms with Gasteiger partial charge in [-0.2, -0.15) is 0 Å². The largest absolute Gasteiger partial charge is 0.490 e. The average Bonchev–Trinajstić information content (AvgIpc) is 2.42. The van der Waals surface area contributed by atoms with Gasteiger partial charge in [-0.05, 0) is 31.2 Å². The minimum atomic E-state index is 0.610. The lowest BCUT2D eigenvalue weighted by atomic mass is 10.4. The molecule has 0 atom stereocenters. The Bertz CT molecular complexity index is 546. The first kappa shape index (κ1) is 13.5. The molecule has 0 aliphatic heterocycles. The molecule has 0 aliphatic carbocycles. The average molecular weight is 277 g/mol. The fourth-order valence-electron chi connectivity index (χ4n) is 1.43. The molecule has 2 aromatic rings. The summed E-state index contributed by atoms with van der Waals surface area (Å²) in [5.41, 5.74) is 1.02. The fraction of sp³-hybridized carbons (Fsp3) is 0.333. The minimum absolute atomic E-state index is 0.610. The minimum Gasteiger partial charge on any atom is -0.490 e. The maximum atomic E-state index is 5.36. The van der Waals surface area contributed by atoms with E-state index in [4.69, 9.17) is 4.74 Å². The van der Waals surface area contributed by atoms with Crippen molar-refractivity contribution in [2.45, 2.75) is 24.0 Å². The van der Waals surface area contributed by atoms with E-state index in [0.717, 1.165) is 12.1 Å². The van der Waals surface area contributed by atoms with Crippen LogP contribution in [-0.2, 0) is 0 Å². The van der Waals surface area contributed by atoms with Gasteiger partial charge in [0.25, 0.3) is 0 Å². The predicted octanol–water partition coefficient (Wildman–Crippen LogP) is 2.17. The van der Waals surface area contributed by atoms with Gasteiger partial charge in [-0.25, -0.2) is 19.9 Å². The van der Waals surface area contributed by atoms with Crippen molar-refractivity contribution in [3.8, 4) is 5.75 Å². The molecule has 0 bridgehead atoms. The van der Waals surface area contributed by atoms with Crippen LogP contribution >= 0.6 is 11.8 Å². The summed E-state index contributed by atoms with van der Waals surface area (Å²) in [7, 11) is 1.60. The number of nitrogens with one attached hydrogen (secondary N) is 1. The van der Waals surface area contributed by atoms with E-state index in [9.17, 15) is 0 Å². The highest BCUT2D eigenvalue weighted by Gasteiger charge is 2.13. The smallest absolute Gasteiger partial charge is 0.194 e. The number of ether oxygens (including phenoxy) is 1. The van der Waals surface area contributed by atoms with E-state index in [1.807, 2.05) is 13.8 Å². The molecule has 0 amide bonds. The summed E-state index contributed by atoms with van der Waals surface area (Å²) < 4.78 is 5.36. The molecule has 0 saturated heterocycles. The van der Waals surface area contributed by atoms with Crippen molar-refractivity contribution in [3.05, 3.63) is 24.3 Å². The molecule has 2 aromatic heterocycles. The SMILES string of the molecule is CCNc1ncnc(Sc2ncc(C)cn2)c1OC. The third kappa shape index (κ3) is 3.31. The molecule has 2 heterocycles. The number of hydrogen-bond acceptors (Lipinski definition) is 7. The Morgan fingerprint density at radius 1 is 1.21 bits per heavy atom. The van der Waals surface area contributed by atoms with Crippen molar-refractivity contribution in [2.75, 3.05) is 19.0 Å². The molecule has 0 unspecified atom stereocenters. The van der Waals surface area contributed by atoms with Crippen molar-refractivity contribution < 1.29 is 4.74 Å². The van der Waals surface area contributed by atoms with E-state index in [2.05, 4.69) is 25.3 Å². The highest BCUT2D eigenvalue weighted by Crippen LogP contribution is 2.34. The van der Waals surface area contributed by atoms with Gasteiger partial charge in [0.15, 0.2) is 21.7 Å². The summed E-state index contributed by atoms with van der Waals surface area (Å²) in [5, 5.41) is 4.45. The number of anilines is 1. The molecule has 0 radical (unpaired) electrons. The Kier molecular flexibility index (Phi) is 4.51. The van der Waals surface area contributed by atoms with Crippen molar-refractivity contribution in [1.29, 1.82) is 0 Å². The molecule has 0 saturated carbocycles. The van der Waals surface area contributed by atoms with Crippen LogP contribution in [0.1, 0.15) is 12.5 Å². The molecule has 7 heteroatoms. The molecule has 19 heavy (non-hydrogen) atoms. The van der Waals surface area contributed by atoms with E-state index in [0.29, 0.717) is 21.7 Å². The lowest BCUT2D eigenvalue weighted by molar-refractivity contribution is 0.400. The molecule has 0 aliphatic rings. The van der Waals surface area contributed by atoms with Crippen molar-refractivity contribution >= 4 is 17.6 Å². The summed E-state index contributed by atoms with van der Waals surface area (Å²) in [6.45, 7) is 4.71. The van der Waals surface area contributed by atoms with Crippen LogP contribution in [0.5, 0.6) is 5.75 Å². The first-order chi connectivity index (χ1) is 9.24. The van der Waals surface area contributed by atoms with Gasteiger partial charge in [0.1, 0.15) is 6.33 Å². The number of methoxy groups -OCH3 is 1. The van der Waals surface area contributed by atoms with Gasteiger partial charge in [0.05, 0.1) is 7.11 Å². The van der Waals surface area contributed by atoms with E-state index < -0.39 is 0 Å². The molecule has 6 nitrogen and oxygen atoms in total. The number of hydrogen-bond donors (Lipinski definition) is 1. The first-order valence-electron chi connectivity index (χ1n) is 5.84. The summed E-state index contributed by atoms with van der Waals surface area (Å²) in [4.78, 5) is 16.9. The topological polar surface area (TPSA) is 72.8 Å². The Labute approximate surface area is 116 Å². The van der Waals surface area contributed by atoms with Crippen molar-refractivity contribution in [1.82, 2.24) is 19.9 Å². The second kappa shape index (κ2) is 6.33. The Balaban J connectivity index is 2.28. The van der Waals surface area contributed by atoms with Gasteiger partial charge < -0.3 is 10.1 Å². The highest BCUT2D eigenvalue weighted by molar-refractivity contribution is 7.99. The summed E-state index contributed by atoms with van der Waals surface area (Å²) in [6, 6.07) is 0. The van der Waals surface area contributed by atoms with E-state index in [1.54, 1.807) is 19.5 Å². The predicted molar refractivity (Wildman–Crippen MR) is 73.6 cm³/mol. The van der Waals surface area contributed by atoms with Crippen LogP contribution in [-0.4, -0.2) is 33.6 Å². The van der Waals surface area contributed by atoms with Gasteiger partial charge >= 0.3 is 0 Å². The second-order valence-electron chi connectivity index (χ2n) is 3.74. The van der Waals surface area contributed by atoms with Gasteiger partial charge in [0, 0.05) is 18.9 Å². The van der Waals surface area contributed by atoms with Crippen molar-refractivity contribution in [3.63, 3.8) is 0 Å². The monoisotopic (exact) mass is 277 g/mol. The molecule has 0 aromatic carbocycles. The van der Waals surface area contributed by atoms with Crippen LogP contribution in [0.3, 0.4) is 0 Å². The standard InChI is InChI=1S/C12H15N5OS/c1-4-13-10-9(18-3)11(17-7-16-10)19-12-14-5-8(2)6-15-12/h5-7H,4H2,1-3H3,(H,13,16,17). The molecular formula is C12H15N5OS. The summed E-state index contributed by atoms with van der Waals surface area (Å²) >= 11 is 1.35. The normalized spacial score (nSPS) is 10.3. The van der Waals surface area contributed by atoms with Crippen LogP contribution in [0.2, 0.25) is 0 Å². The number of nitrogens with zero attached hydrogens (tertiary/aromatic N) is 4. The van der Waals surface area contributed by atoms with Crippen molar-refractivity contribution in [2.24, 2.45) is 0 Å². The number of aromatic nitrogens is 4. The number of aryl methyl sites for hydroxylation is 1. The lowest BCUT2D eigenvalue weighted by Gasteiger charge is -2.11. The van der Waals surface area contributed by atoms with Gasteiger partial charge in [0.2, 0.25) is 0 Å². The fourth-order valence-corrected chi connectivity index (χ4v) is 2.18. The van der Waals surface area contributed by atoms with Crippen LogP contribution in [0.25, 0.3) is 0 Å². The third-order valence-electron chi connectivity index (χ3n) is 2.26. The highest BCUT2D eigenvalue weighted by atomic mass is 32.2. The zero-order valence-corrected chi connectivity index (χ0v) is 11.9. The Morgan fingerprint density at radius 3 is 2.58 bits per heavy atom. The molecule has 0 spiro atoms. The first-order valence-corrected chi connectivity index (χ1v) is 6.65. The quantitative estimate of drug-likeness (QED) is 0.663. The Hall–Kier alpha value is -1.89. The van der Waals surface area contributed by atoms with Crippen LogP contribution in [0.15, 0.2) is 28.9 Å². The maximum absolute atomic E-state index is 5.36. The molecule has 1 N–H and O–H groups in total. The zero-order chi connectivity index (χ0) is 13.7. The summed E-state index contributed by atoms with van der Waals surface area (Å²) in [5.74, 6) is 1.29. The van der Waals surface area contributed by atoms with Gasteiger partial charge in [-0.1, -0.05) is 0 Å². The maximum Gasteiger partial charge on any atom is 0.194 e. The Morgan fingerprint density at radius 2 is 1.95 bits per heavy atom. The van der Waals surface area contributed by atoms with Crippen LogP contribution < -0.4 is 10.1 Å². The number of rotatable bonds is 5. The third-order valence-corrected chi connectivity index (χ3v) is 3.14. The van der Waals surface area contributed by atoms with Gasteiger partial charge in [-0.3, -0.25) is 0 Å². The zero-order valence-electron chi connectivity index (χ0n) is 11.0.